The molecule has 1 atom stereocenters. The minimum atomic E-state index is -1.10. The zero-order valence-corrected chi connectivity index (χ0v) is 18.9. The quantitative estimate of drug-likeness (QED) is 0.177. The number of hydrogen-bond acceptors (Lipinski definition) is 3. The van der Waals surface area contributed by atoms with Gasteiger partial charge in [0.25, 0.3) is 5.97 Å². The normalized spacial score (nSPS) is 13.2. The summed E-state index contributed by atoms with van der Waals surface area (Å²) in [5.74, 6) is -1.13. The summed E-state index contributed by atoms with van der Waals surface area (Å²) < 4.78 is 17.6. The largest absolute Gasteiger partial charge is 0.330 e. The minimum absolute atomic E-state index is 0.0295. The summed E-state index contributed by atoms with van der Waals surface area (Å²) in [6.07, 6.45) is 8.46. The van der Waals surface area contributed by atoms with Crippen LogP contribution >= 0.6 is 0 Å². The first kappa shape index (κ1) is 22.7. The molecule has 3 heteroatoms. The molecule has 0 amide bonds. The molecule has 0 heterocycles. The van der Waals surface area contributed by atoms with Crippen molar-refractivity contribution < 1.29 is 14.2 Å². The van der Waals surface area contributed by atoms with Gasteiger partial charge in [0.2, 0.25) is 0 Å². The monoisotopic (exact) mass is 408 g/mol. The van der Waals surface area contributed by atoms with Gasteiger partial charge in [0.05, 0.1) is 5.92 Å². The third kappa shape index (κ3) is 4.69. The van der Waals surface area contributed by atoms with Crippen molar-refractivity contribution in [3.05, 3.63) is 60.2 Å². The Balaban J connectivity index is 2.04. The SMILES string of the molecule is CCCCCCCCC(c1cc2ccccc2c2ccccc12)C(OC)(OC)OC. The zero-order chi connectivity index (χ0) is 21.4. The molecule has 3 aromatic rings. The summed E-state index contributed by atoms with van der Waals surface area (Å²) in [6.45, 7) is 2.25. The van der Waals surface area contributed by atoms with E-state index in [0.29, 0.717) is 0 Å². The van der Waals surface area contributed by atoms with Crippen molar-refractivity contribution in [1.29, 1.82) is 0 Å². The second-order valence-corrected chi connectivity index (χ2v) is 8.06. The Morgan fingerprint density at radius 3 is 1.93 bits per heavy atom. The second-order valence-electron chi connectivity index (χ2n) is 8.06. The number of ether oxygens (including phenoxy) is 3. The van der Waals surface area contributed by atoms with E-state index in [9.17, 15) is 0 Å². The van der Waals surface area contributed by atoms with Crippen LogP contribution in [0.5, 0.6) is 0 Å². The van der Waals surface area contributed by atoms with E-state index < -0.39 is 5.97 Å². The van der Waals surface area contributed by atoms with Crippen LogP contribution in [0, 0.1) is 0 Å². The minimum Gasteiger partial charge on any atom is -0.330 e. The number of benzene rings is 3. The van der Waals surface area contributed by atoms with E-state index in [1.807, 2.05) is 0 Å². The molecule has 0 saturated heterocycles. The van der Waals surface area contributed by atoms with Crippen LogP contribution < -0.4 is 0 Å². The molecule has 0 N–H and O–H groups in total. The first-order valence-corrected chi connectivity index (χ1v) is 11.3. The van der Waals surface area contributed by atoms with Gasteiger partial charge in [-0.3, -0.25) is 0 Å². The zero-order valence-electron chi connectivity index (χ0n) is 18.9. The molecule has 0 aliphatic heterocycles. The number of hydrogen-bond donors (Lipinski definition) is 0. The van der Waals surface area contributed by atoms with E-state index >= 15 is 0 Å². The average Bonchev–Trinajstić information content (AvgIpc) is 2.81. The van der Waals surface area contributed by atoms with Crippen LogP contribution in [-0.4, -0.2) is 27.3 Å². The predicted octanol–water partition coefficient (Wildman–Crippen LogP) is 7.42. The lowest BCUT2D eigenvalue weighted by Gasteiger charge is -2.37. The molecule has 0 spiro atoms. The van der Waals surface area contributed by atoms with E-state index in [1.165, 1.54) is 59.2 Å². The summed E-state index contributed by atoms with van der Waals surface area (Å²) in [4.78, 5) is 0. The molecule has 0 bridgehead atoms. The van der Waals surface area contributed by atoms with Gasteiger partial charge in [-0.1, -0.05) is 94.0 Å². The molecule has 162 valence electrons. The highest BCUT2D eigenvalue weighted by atomic mass is 16.9. The smallest absolute Gasteiger partial charge is 0.289 e. The standard InChI is InChI=1S/C27H36O3/c1-5-6-7-8-9-10-19-26(27(28-2,29-3)30-4)25-20-21-15-11-12-16-22(21)23-17-13-14-18-24(23)25/h11-18,20,26H,5-10,19H2,1-4H3. The first-order valence-electron chi connectivity index (χ1n) is 11.3. The van der Waals surface area contributed by atoms with Crippen molar-refractivity contribution in [2.75, 3.05) is 21.3 Å². The Morgan fingerprint density at radius 1 is 0.700 bits per heavy atom. The van der Waals surface area contributed by atoms with Crippen LogP contribution in [0.1, 0.15) is 63.4 Å². The van der Waals surface area contributed by atoms with E-state index in [2.05, 4.69) is 61.5 Å². The fraction of sp³-hybridized carbons (Fsp3) is 0.481. The summed E-state index contributed by atoms with van der Waals surface area (Å²) >= 11 is 0. The van der Waals surface area contributed by atoms with Crippen LogP contribution in [0.3, 0.4) is 0 Å². The van der Waals surface area contributed by atoms with Crippen LogP contribution in [0.4, 0.5) is 0 Å². The lowest BCUT2D eigenvalue weighted by Crippen LogP contribution is -2.42. The maximum absolute atomic E-state index is 5.86. The molecule has 3 nitrogen and oxygen atoms in total. The van der Waals surface area contributed by atoms with Crippen molar-refractivity contribution in [3.8, 4) is 0 Å². The fourth-order valence-electron chi connectivity index (χ4n) is 4.70. The van der Waals surface area contributed by atoms with Gasteiger partial charge < -0.3 is 14.2 Å². The summed E-state index contributed by atoms with van der Waals surface area (Å²) in [5.41, 5.74) is 1.23. The molecular formula is C27H36O3. The van der Waals surface area contributed by atoms with Crippen molar-refractivity contribution in [2.45, 2.75) is 63.8 Å². The third-order valence-electron chi connectivity index (χ3n) is 6.30. The maximum Gasteiger partial charge on any atom is 0.289 e. The van der Waals surface area contributed by atoms with Crippen molar-refractivity contribution in [1.82, 2.24) is 0 Å². The van der Waals surface area contributed by atoms with Gasteiger partial charge in [-0.2, -0.15) is 0 Å². The fourth-order valence-corrected chi connectivity index (χ4v) is 4.70. The van der Waals surface area contributed by atoms with Crippen molar-refractivity contribution >= 4 is 21.5 Å². The molecule has 0 fully saturated rings. The van der Waals surface area contributed by atoms with Gasteiger partial charge in [-0.25, -0.2) is 0 Å². The van der Waals surface area contributed by atoms with E-state index in [0.717, 1.165) is 12.8 Å². The lowest BCUT2D eigenvalue weighted by molar-refractivity contribution is -0.365. The Kier molecular flexibility index (Phi) is 8.26. The number of rotatable bonds is 12. The second kappa shape index (κ2) is 10.9. The van der Waals surface area contributed by atoms with Gasteiger partial charge in [0, 0.05) is 21.3 Å². The van der Waals surface area contributed by atoms with Gasteiger partial charge in [0.15, 0.2) is 0 Å². The van der Waals surface area contributed by atoms with Gasteiger partial charge in [-0.05, 0) is 39.6 Å². The first-order chi connectivity index (χ1) is 14.7. The molecule has 3 rings (SSSR count). The van der Waals surface area contributed by atoms with Crippen molar-refractivity contribution in [2.24, 2.45) is 0 Å². The van der Waals surface area contributed by atoms with E-state index in [1.54, 1.807) is 21.3 Å². The molecule has 3 aromatic carbocycles. The third-order valence-corrected chi connectivity index (χ3v) is 6.30. The molecule has 30 heavy (non-hydrogen) atoms. The Labute approximate surface area is 181 Å². The Bertz CT molecular complexity index is 921. The molecule has 0 radical (unpaired) electrons. The average molecular weight is 409 g/mol. The van der Waals surface area contributed by atoms with Crippen LogP contribution in [0.15, 0.2) is 54.6 Å². The maximum atomic E-state index is 5.86. The molecule has 0 saturated carbocycles. The molecule has 0 aliphatic carbocycles. The number of fused-ring (bicyclic) bond motifs is 3. The highest BCUT2D eigenvalue weighted by molar-refractivity contribution is 6.09. The van der Waals surface area contributed by atoms with Crippen LogP contribution in [-0.2, 0) is 14.2 Å². The van der Waals surface area contributed by atoms with Gasteiger partial charge in [-0.15, -0.1) is 0 Å². The summed E-state index contributed by atoms with van der Waals surface area (Å²) in [7, 11) is 5.01. The summed E-state index contributed by atoms with van der Waals surface area (Å²) in [5, 5.41) is 5.00. The molecule has 0 aromatic heterocycles. The van der Waals surface area contributed by atoms with Crippen LogP contribution in [0.25, 0.3) is 21.5 Å². The topological polar surface area (TPSA) is 27.7 Å². The predicted molar refractivity (Wildman–Crippen MR) is 126 cm³/mol. The number of methoxy groups -OCH3 is 3. The molecular weight excluding hydrogens is 372 g/mol. The van der Waals surface area contributed by atoms with Crippen molar-refractivity contribution in [3.63, 3.8) is 0 Å². The highest BCUT2D eigenvalue weighted by Gasteiger charge is 2.41. The highest BCUT2D eigenvalue weighted by Crippen LogP contribution is 2.42. The Hall–Kier alpha value is -1.94. The Morgan fingerprint density at radius 2 is 1.27 bits per heavy atom. The van der Waals surface area contributed by atoms with Gasteiger partial charge in [0.1, 0.15) is 0 Å². The van der Waals surface area contributed by atoms with E-state index in [4.69, 9.17) is 14.2 Å². The van der Waals surface area contributed by atoms with Crippen LogP contribution in [0.2, 0.25) is 0 Å². The molecule has 1 unspecified atom stereocenters. The van der Waals surface area contributed by atoms with E-state index in [-0.39, 0.29) is 5.92 Å². The molecule has 0 aliphatic rings. The lowest BCUT2D eigenvalue weighted by atomic mass is 9.85. The summed E-state index contributed by atoms with van der Waals surface area (Å²) in [6, 6.07) is 19.5. The number of unbranched alkanes of at least 4 members (excludes halogenated alkanes) is 5. The van der Waals surface area contributed by atoms with Gasteiger partial charge >= 0.3 is 0 Å².